The van der Waals surface area contributed by atoms with E-state index in [0.29, 0.717) is 12.2 Å². The monoisotopic (exact) mass is 298 g/mol. The first kappa shape index (κ1) is 15.4. The molecule has 0 aliphatic carbocycles. The lowest BCUT2D eigenvalue weighted by atomic mass is 10.2. The Hall–Kier alpha value is -2.95. The van der Waals surface area contributed by atoms with Gasteiger partial charge in [0, 0.05) is 6.54 Å². The number of phenolic OH excluding ortho intramolecular Hbond substituents is 1. The minimum atomic E-state index is -0.473. The first-order valence-corrected chi connectivity index (χ1v) is 6.85. The molecule has 0 atom stereocenters. The van der Waals surface area contributed by atoms with Crippen molar-refractivity contribution >= 4 is 17.9 Å². The van der Waals surface area contributed by atoms with Gasteiger partial charge in [0.25, 0.3) is 0 Å². The van der Waals surface area contributed by atoms with Gasteiger partial charge in [0.15, 0.2) is 0 Å². The number of nitrogen functional groups attached to an aromatic ring is 1. The largest absolute Gasteiger partial charge is 0.506 e. The smallest absolute Gasteiger partial charge is 0.407 e. The molecule has 22 heavy (non-hydrogen) atoms. The van der Waals surface area contributed by atoms with Crippen LogP contribution in [0.2, 0.25) is 0 Å². The molecule has 0 fully saturated rings. The van der Waals surface area contributed by atoms with E-state index in [9.17, 15) is 9.90 Å². The van der Waals surface area contributed by atoms with Crippen molar-refractivity contribution in [2.24, 2.45) is 0 Å². The minimum absolute atomic E-state index is 0.0553. The normalized spacial score (nSPS) is 10.5. The highest BCUT2D eigenvalue weighted by atomic mass is 16.5. The predicted octanol–water partition coefficient (Wildman–Crippen LogP) is 2.91. The SMILES string of the molecule is Nc1cc(C=CCNC(=O)OCc2ccccc2)ccc1O. The Morgan fingerprint density at radius 1 is 1.23 bits per heavy atom. The van der Waals surface area contributed by atoms with Crippen LogP contribution in [0.1, 0.15) is 11.1 Å². The standard InChI is InChI=1S/C17H18N2O3/c18-15-11-13(8-9-16(15)20)7-4-10-19-17(21)22-12-14-5-2-1-3-6-14/h1-9,11,20H,10,12,18H2,(H,19,21). The predicted molar refractivity (Wildman–Crippen MR) is 86.2 cm³/mol. The van der Waals surface area contributed by atoms with Crippen LogP contribution in [-0.4, -0.2) is 17.7 Å². The molecule has 0 aliphatic heterocycles. The molecule has 0 saturated carbocycles. The molecule has 0 aliphatic rings. The van der Waals surface area contributed by atoms with Gasteiger partial charge in [-0.25, -0.2) is 4.79 Å². The molecule has 0 unspecified atom stereocenters. The van der Waals surface area contributed by atoms with E-state index in [1.807, 2.05) is 30.3 Å². The summed E-state index contributed by atoms with van der Waals surface area (Å²) < 4.78 is 5.08. The second kappa shape index (κ2) is 7.73. The molecule has 4 N–H and O–H groups in total. The van der Waals surface area contributed by atoms with Crippen molar-refractivity contribution in [3.63, 3.8) is 0 Å². The number of benzene rings is 2. The number of alkyl carbamates (subject to hydrolysis) is 1. The first-order chi connectivity index (χ1) is 10.6. The molecule has 0 saturated heterocycles. The van der Waals surface area contributed by atoms with Crippen LogP contribution in [0, 0.1) is 0 Å². The number of hydrogen-bond acceptors (Lipinski definition) is 4. The third kappa shape index (κ3) is 4.86. The van der Waals surface area contributed by atoms with Crippen molar-refractivity contribution in [3.05, 3.63) is 65.7 Å². The van der Waals surface area contributed by atoms with Gasteiger partial charge in [-0.2, -0.15) is 0 Å². The summed E-state index contributed by atoms with van der Waals surface area (Å²) >= 11 is 0. The first-order valence-electron chi connectivity index (χ1n) is 6.85. The van der Waals surface area contributed by atoms with E-state index in [2.05, 4.69) is 5.32 Å². The third-order valence-electron chi connectivity index (χ3n) is 2.94. The van der Waals surface area contributed by atoms with Gasteiger partial charge in [-0.05, 0) is 23.3 Å². The molecule has 0 spiro atoms. The Kier molecular flexibility index (Phi) is 5.43. The average molecular weight is 298 g/mol. The van der Waals surface area contributed by atoms with Crippen molar-refractivity contribution < 1.29 is 14.6 Å². The molecule has 0 aromatic heterocycles. The summed E-state index contributed by atoms with van der Waals surface area (Å²) in [6.45, 7) is 0.583. The van der Waals surface area contributed by atoms with Crippen molar-refractivity contribution in [2.75, 3.05) is 12.3 Å². The van der Waals surface area contributed by atoms with Crippen LogP contribution in [0.15, 0.2) is 54.6 Å². The van der Waals surface area contributed by atoms with Crippen LogP contribution in [0.4, 0.5) is 10.5 Å². The molecule has 1 amide bonds. The highest BCUT2D eigenvalue weighted by Crippen LogP contribution is 2.20. The number of hydrogen-bond donors (Lipinski definition) is 3. The van der Waals surface area contributed by atoms with Gasteiger partial charge in [0.2, 0.25) is 0 Å². The van der Waals surface area contributed by atoms with Crippen LogP contribution < -0.4 is 11.1 Å². The Morgan fingerprint density at radius 2 is 2.00 bits per heavy atom. The summed E-state index contributed by atoms with van der Waals surface area (Å²) in [6, 6.07) is 14.4. The number of amides is 1. The van der Waals surface area contributed by atoms with Crippen LogP contribution in [0.3, 0.4) is 0 Å². The van der Waals surface area contributed by atoms with Crippen LogP contribution in [-0.2, 0) is 11.3 Å². The summed E-state index contributed by atoms with van der Waals surface area (Å²) in [5, 5.41) is 11.9. The molecule has 5 nitrogen and oxygen atoms in total. The van der Waals surface area contributed by atoms with E-state index in [1.165, 1.54) is 6.07 Å². The number of nitrogens with one attached hydrogen (secondary N) is 1. The maximum atomic E-state index is 11.5. The number of anilines is 1. The van der Waals surface area contributed by atoms with E-state index >= 15 is 0 Å². The fraction of sp³-hybridized carbons (Fsp3) is 0.118. The van der Waals surface area contributed by atoms with Gasteiger partial charge in [0.1, 0.15) is 12.4 Å². The van der Waals surface area contributed by atoms with E-state index in [-0.39, 0.29) is 12.4 Å². The van der Waals surface area contributed by atoms with Gasteiger partial charge in [0.05, 0.1) is 5.69 Å². The lowest BCUT2D eigenvalue weighted by molar-refractivity contribution is 0.141. The molecule has 5 heteroatoms. The Morgan fingerprint density at radius 3 is 2.73 bits per heavy atom. The summed E-state index contributed by atoms with van der Waals surface area (Å²) in [6.07, 6.45) is 3.10. The number of ether oxygens (including phenoxy) is 1. The molecule has 2 rings (SSSR count). The summed E-state index contributed by atoms with van der Waals surface area (Å²) in [4.78, 5) is 11.5. The topological polar surface area (TPSA) is 84.6 Å². The maximum absolute atomic E-state index is 11.5. The Labute approximate surface area is 129 Å². The molecule has 0 bridgehead atoms. The van der Waals surface area contributed by atoms with Crippen molar-refractivity contribution in [1.29, 1.82) is 0 Å². The maximum Gasteiger partial charge on any atom is 0.407 e. The number of phenols is 1. The van der Waals surface area contributed by atoms with Crippen LogP contribution >= 0.6 is 0 Å². The molecule has 2 aromatic carbocycles. The fourth-order valence-electron chi connectivity index (χ4n) is 1.79. The fourth-order valence-corrected chi connectivity index (χ4v) is 1.79. The zero-order chi connectivity index (χ0) is 15.8. The minimum Gasteiger partial charge on any atom is -0.506 e. The van der Waals surface area contributed by atoms with E-state index in [0.717, 1.165) is 11.1 Å². The second-order valence-electron chi connectivity index (χ2n) is 4.66. The Bertz CT molecular complexity index is 654. The summed E-state index contributed by atoms with van der Waals surface area (Å²) in [5.41, 5.74) is 7.69. The second-order valence-corrected chi connectivity index (χ2v) is 4.66. The van der Waals surface area contributed by atoms with Crippen molar-refractivity contribution in [3.8, 4) is 5.75 Å². The highest BCUT2D eigenvalue weighted by molar-refractivity contribution is 5.68. The lowest BCUT2D eigenvalue weighted by Gasteiger charge is -2.05. The van der Waals surface area contributed by atoms with Gasteiger partial charge in [-0.3, -0.25) is 0 Å². The number of nitrogens with two attached hydrogens (primary N) is 1. The number of carbonyl (C=O) groups is 1. The number of rotatable bonds is 5. The van der Waals surface area contributed by atoms with E-state index in [4.69, 9.17) is 10.5 Å². The molecular formula is C17H18N2O3. The quantitative estimate of drug-likeness (QED) is 0.585. The van der Waals surface area contributed by atoms with Gasteiger partial charge in [-0.15, -0.1) is 0 Å². The van der Waals surface area contributed by atoms with Crippen LogP contribution in [0.5, 0.6) is 5.75 Å². The molecule has 114 valence electrons. The van der Waals surface area contributed by atoms with E-state index in [1.54, 1.807) is 24.3 Å². The van der Waals surface area contributed by atoms with Gasteiger partial charge >= 0.3 is 6.09 Å². The van der Waals surface area contributed by atoms with Gasteiger partial charge < -0.3 is 20.9 Å². The Balaban J connectivity index is 1.72. The highest BCUT2D eigenvalue weighted by Gasteiger charge is 2.00. The lowest BCUT2D eigenvalue weighted by Crippen LogP contribution is -2.24. The molecule has 0 radical (unpaired) electrons. The van der Waals surface area contributed by atoms with Crippen molar-refractivity contribution in [1.82, 2.24) is 5.32 Å². The zero-order valence-electron chi connectivity index (χ0n) is 12.0. The summed E-state index contributed by atoms with van der Waals surface area (Å²) in [5.74, 6) is 0.0553. The molecule has 2 aromatic rings. The van der Waals surface area contributed by atoms with Gasteiger partial charge in [-0.1, -0.05) is 48.6 Å². The molecule has 0 heterocycles. The molecular weight excluding hydrogens is 280 g/mol. The average Bonchev–Trinajstić information content (AvgIpc) is 2.54. The van der Waals surface area contributed by atoms with Crippen LogP contribution in [0.25, 0.3) is 6.08 Å². The third-order valence-corrected chi connectivity index (χ3v) is 2.94. The van der Waals surface area contributed by atoms with Crippen molar-refractivity contribution in [2.45, 2.75) is 6.61 Å². The van der Waals surface area contributed by atoms with E-state index < -0.39 is 6.09 Å². The number of carbonyl (C=O) groups excluding carboxylic acids is 1. The number of aromatic hydroxyl groups is 1. The summed E-state index contributed by atoms with van der Waals surface area (Å²) in [7, 11) is 0. The zero-order valence-corrected chi connectivity index (χ0v) is 12.0.